The highest BCUT2D eigenvalue weighted by atomic mass is 33.1. The van der Waals surface area contributed by atoms with Gasteiger partial charge in [-0.1, -0.05) is 23.3 Å². The van der Waals surface area contributed by atoms with Gasteiger partial charge in [-0.3, -0.25) is 4.79 Å². The number of aldehydes is 1. The second-order valence-electron chi connectivity index (χ2n) is 4.19. The first-order valence-corrected chi connectivity index (χ1v) is 9.05. The molecular formula is C14H20N2O2S2. The van der Waals surface area contributed by atoms with Gasteiger partial charge in [0.2, 0.25) is 5.91 Å². The van der Waals surface area contributed by atoms with Crippen LogP contribution in [0.4, 0.5) is 0 Å². The Hall–Kier alpha value is -1.01. The number of pyridine rings is 1. The summed E-state index contributed by atoms with van der Waals surface area (Å²) in [5.74, 6) is 0.868. The topological polar surface area (TPSA) is 59.1 Å². The molecule has 0 radical (unpaired) electrons. The first-order chi connectivity index (χ1) is 9.83. The third-order valence-electron chi connectivity index (χ3n) is 2.52. The summed E-state index contributed by atoms with van der Waals surface area (Å²) in [6, 6.07) is 5.79. The number of hydrogen-bond acceptors (Lipinski definition) is 5. The number of aromatic nitrogens is 1. The fourth-order valence-electron chi connectivity index (χ4n) is 1.48. The largest absolute Gasteiger partial charge is 0.356 e. The van der Waals surface area contributed by atoms with E-state index in [1.165, 1.54) is 0 Å². The van der Waals surface area contributed by atoms with Crippen LogP contribution in [0.25, 0.3) is 0 Å². The van der Waals surface area contributed by atoms with E-state index in [4.69, 9.17) is 0 Å². The van der Waals surface area contributed by atoms with Gasteiger partial charge in [0.05, 0.1) is 0 Å². The number of amides is 1. The van der Waals surface area contributed by atoms with E-state index in [1.807, 2.05) is 18.2 Å². The van der Waals surface area contributed by atoms with Crippen molar-refractivity contribution in [2.75, 3.05) is 12.3 Å². The Morgan fingerprint density at radius 3 is 2.95 bits per heavy atom. The lowest BCUT2D eigenvalue weighted by Crippen LogP contribution is -2.24. The second kappa shape index (κ2) is 11.8. The van der Waals surface area contributed by atoms with Gasteiger partial charge in [-0.2, -0.15) is 0 Å². The molecule has 0 saturated carbocycles. The van der Waals surface area contributed by atoms with E-state index in [0.29, 0.717) is 19.4 Å². The minimum atomic E-state index is 0.0921. The summed E-state index contributed by atoms with van der Waals surface area (Å²) in [5.41, 5.74) is 0. The Kier molecular flexibility index (Phi) is 10.0. The van der Waals surface area contributed by atoms with Gasteiger partial charge in [0.1, 0.15) is 11.3 Å². The molecule has 0 aliphatic heterocycles. The number of rotatable bonds is 11. The fourth-order valence-corrected chi connectivity index (χ4v) is 3.35. The maximum atomic E-state index is 11.5. The number of carbonyl (C=O) groups excluding carboxylic acids is 2. The van der Waals surface area contributed by atoms with Crippen LogP contribution in [0.2, 0.25) is 0 Å². The Morgan fingerprint density at radius 1 is 1.30 bits per heavy atom. The molecule has 0 aliphatic rings. The van der Waals surface area contributed by atoms with Gasteiger partial charge in [-0.25, -0.2) is 4.98 Å². The number of nitrogens with one attached hydrogen (secondary N) is 1. The van der Waals surface area contributed by atoms with Crippen LogP contribution in [-0.2, 0) is 9.59 Å². The van der Waals surface area contributed by atoms with Gasteiger partial charge in [0.15, 0.2) is 0 Å². The van der Waals surface area contributed by atoms with Gasteiger partial charge in [-0.15, -0.1) is 0 Å². The Morgan fingerprint density at radius 2 is 2.20 bits per heavy atom. The van der Waals surface area contributed by atoms with Gasteiger partial charge in [0, 0.05) is 31.3 Å². The van der Waals surface area contributed by atoms with Crippen LogP contribution in [0.15, 0.2) is 29.4 Å². The van der Waals surface area contributed by atoms with Crippen molar-refractivity contribution < 1.29 is 9.59 Å². The van der Waals surface area contributed by atoms with Gasteiger partial charge >= 0.3 is 0 Å². The summed E-state index contributed by atoms with van der Waals surface area (Å²) in [7, 11) is 3.23. The smallest absolute Gasteiger partial charge is 0.220 e. The minimum absolute atomic E-state index is 0.0921. The van der Waals surface area contributed by atoms with Crippen LogP contribution in [0, 0.1) is 0 Å². The molecule has 0 saturated heterocycles. The lowest BCUT2D eigenvalue weighted by Gasteiger charge is -2.04. The Bertz CT molecular complexity index is 388. The maximum absolute atomic E-state index is 11.5. The molecule has 1 amide bonds. The van der Waals surface area contributed by atoms with Gasteiger partial charge < -0.3 is 10.1 Å². The molecule has 1 rings (SSSR count). The molecule has 0 unspecified atom stereocenters. The number of carbonyl (C=O) groups is 2. The number of nitrogens with zero attached hydrogens (tertiary/aromatic N) is 1. The van der Waals surface area contributed by atoms with Crippen molar-refractivity contribution in [3.8, 4) is 0 Å². The molecule has 0 atom stereocenters. The van der Waals surface area contributed by atoms with Crippen LogP contribution < -0.4 is 5.32 Å². The zero-order valence-electron chi connectivity index (χ0n) is 11.4. The molecule has 1 N–H and O–H groups in total. The van der Waals surface area contributed by atoms with E-state index in [1.54, 1.807) is 27.8 Å². The lowest BCUT2D eigenvalue weighted by molar-refractivity contribution is -0.120. The molecular weight excluding hydrogens is 292 g/mol. The van der Waals surface area contributed by atoms with E-state index < -0.39 is 0 Å². The molecule has 6 heteroatoms. The molecule has 0 fully saturated rings. The fraction of sp³-hybridized carbons (Fsp3) is 0.500. The van der Waals surface area contributed by atoms with E-state index in [9.17, 15) is 9.59 Å². The van der Waals surface area contributed by atoms with Crippen molar-refractivity contribution in [2.45, 2.75) is 37.1 Å². The Labute approximate surface area is 127 Å². The standard InChI is InChI=1S/C14H20N2O2S2/c17-11-6-2-1-4-9-15-13(18)8-12-19-20-14-7-3-5-10-16-14/h3,5,7,10-11H,1-2,4,6,8-9,12H2,(H,15,18). The van der Waals surface area contributed by atoms with E-state index in [-0.39, 0.29) is 5.91 Å². The van der Waals surface area contributed by atoms with Crippen LogP contribution in [0.5, 0.6) is 0 Å². The third kappa shape index (κ3) is 8.98. The molecule has 0 spiro atoms. The zero-order chi connectivity index (χ0) is 14.5. The molecule has 110 valence electrons. The van der Waals surface area contributed by atoms with Crippen molar-refractivity contribution in [2.24, 2.45) is 0 Å². The third-order valence-corrected chi connectivity index (χ3v) is 4.78. The predicted octanol–water partition coefficient (Wildman–Crippen LogP) is 3.09. The summed E-state index contributed by atoms with van der Waals surface area (Å²) < 4.78 is 0. The van der Waals surface area contributed by atoms with E-state index in [2.05, 4.69) is 10.3 Å². The number of hydrogen-bond donors (Lipinski definition) is 1. The maximum Gasteiger partial charge on any atom is 0.220 e. The Balaban J connectivity index is 1.94. The molecule has 1 aromatic rings. The summed E-state index contributed by atoms with van der Waals surface area (Å²) in [5, 5.41) is 3.86. The van der Waals surface area contributed by atoms with Crippen molar-refractivity contribution in [3.05, 3.63) is 24.4 Å². The highest BCUT2D eigenvalue weighted by Gasteiger charge is 2.01. The molecule has 0 aromatic carbocycles. The summed E-state index contributed by atoms with van der Waals surface area (Å²) in [4.78, 5) is 25.9. The quantitative estimate of drug-likeness (QED) is 0.386. The van der Waals surface area contributed by atoms with Crippen molar-refractivity contribution in [3.63, 3.8) is 0 Å². The summed E-state index contributed by atoms with van der Waals surface area (Å²) in [6.07, 6.45) is 6.69. The predicted molar refractivity (Wildman–Crippen MR) is 84.7 cm³/mol. The zero-order valence-corrected chi connectivity index (χ0v) is 13.0. The molecule has 4 nitrogen and oxygen atoms in total. The van der Waals surface area contributed by atoms with Crippen molar-refractivity contribution in [1.29, 1.82) is 0 Å². The van der Waals surface area contributed by atoms with Crippen LogP contribution in [-0.4, -0.2) is 29.5 Å². The average Bonchev–Trinajstić information content (AvgIpc) is 2.48. The van der Waals surface area contributed by atoms with Gasteiger partial charge in [0.25, 0.3) is 0 Å². The van der Waals surface area contributed by atoms with Crippen molar-refractivity contribution in [1.82, 2.24) is 10.3 Å². The second-order valence-corrected chi connectivity index (χ2v) is 6.63. The monoisotopic (exact) mass is 312 g/mol. The summed E-state index contributed by atoms with van der Waals surface area (Å²) in [6.45, 7) is 0.704. The van der Waals surface area contributed by atoms with Crippen LogP contribution in [0.3, 0.4) is 0 Å². The molecule has 0 aliphatic carbocycles. The molecule has 20 heavy (non-hydrogen) atoms. The van der Waals surface area contributed by atoms with Crippen LogP contribution in [0.1, 0.15) is 32.1 Å². The van der Waals surface area contributed by atoms with Crippen LogP contribution >= 0.6 is 21.6 Å². The molecule has 1 heterocycles. The lowest BCUT2D eigenvalue weighted by atomic mass is 10.2. The minimum Gasteiger partial charge on any atom is -0.356 e. The number of unbranched alkanes of at least 4 members (excludes halogenated alkanes) is 3. The van der Waals surface area contributed by atoms with E-state index in [0.717, 1.165) is 36.3 Å². The van der Waals surface area contributed by atoms with E-state index >= 15 is 0 Å². The first kappa shape index (κ1) is 17.0. The highest BCUT2D eigenvalue weighted by Crippen LogP contribution is 2.29. The summed E-state index contributed by atoms with van der Waals surface area (Å²) >= 11 is 0. The molecule has 0 bridgehead atoms. The normalized spacial score (nSPS) is 10.2. The average molecular weight is 312 g/mol. The van der Waals surface area contributed by atoms with Gasteiger partial charge in [-0.05, 0) is 35.8 Å². The highest BCUT2D eigenvalue weighted by molar-refractivity contribution is 8.76. The SMILES string of the molecule is O=CCCCCCNC(=O)CCSSc1ccccn1. The molecule has 1 aromatic heterocycles. The van der Waals surface area contributed by atoms with Crippen molar-refractivity contribution >= 4 is 33.8 Å². The first-order valence-electron chi connectivity index (χ1n) is 6.74.